The lowest BCUT2D eigenvalue weighted by Gasteiger charge is -2.36. The Bertz CT molecular complexity index is 274. The second-order valence-corrected chi connectivity index (χ2v) is 6.66. The molecule has 1 fully saturated rings. The molecule has 0 unspecified atom stereocenters. The fourth-order valence-electron chi connectivity index (χ4n) is 2.80. The van der Waals surface area contributed by atoms with Gasteiger partial charge in [0.25, 0.3) is 0 Å². The molecule has 0 bridgehead atoms. The van der Waals surface area contributed by atoms with E-state index in [1.807, 2.05) is 0 Å². The molecule has 1 saturated carbocycles. The fourth-order valence-corrected chi connectivity index (χ4v) is 2.80. The molecule has 1 nitrogen and oxygen atoms in total. The van der Waals surface area contributed by atoms with Crippen LogP contribution in [0.15, 0.2) is 12.2 Å². The van der Waals surface area contributed by atoms with Crippen LogP contribution >= 0.6 is 0 Å². The standard InChI is InChI=1S/C16H28O/c1-6-12(2)11-15(17)13-7-9-14(10-8-13)16(3,4)5/h13-14H,2,6-11H2,1,3-5H3. The van der Waals surface area contributed by atoms with Crippen molar-refractivity contribution < 1.29 is 4.79 Å². The molecule has 0 saturated heterocycles. The minimum Gasteiger partial charge on any atom is -0.299 e. The van der Waals surface area contributed by atoms with E-state index < -0.39 is 0 Å². The van der Waals surface area contributed by atoms with E-state index in [-0.39, 0.29) is 0 Å². The zero-order valence-electron chi connectivity index (χ0n) is 12.0. The van der Waals surface area contributed by atoms with Gasteiger partial charge in [-0.1, -0.05) is 39.8 Å². The lowest BCUT2D eigenvalue weighted by atomic mass is 9.69. The number of hydrogen-bond acceptors (Lipinski definition) is 1. The smallest absolute Gasteiger partial charge is 0.139 e. The van der Waals surface area contributed by atoms with Gasteiger partial charge in [0.1, 0.15) is 5.78 Å². The molecule has 1 aliphatic carbocycles. The normalized spacial score (nSPS) is 25.6. The summed E-state index contributed by atoms with van der Waals surface area (Å²) in [7, 11) is 0. The van der Waals surface area contributed by atoms with Crippen LogP contribution in [0.5, 0.6) is 0 Å². The van der Waals surface area contributed by atoms with Crippen LogP contribution in [-0.4, -0.2) is 5.78 Å². The molecule has 0 aromatic heterocycles. The highest BCUT2D eigenvalue weighted by Gasteiger charge is 2.31. The third-order valence-electron chi connectivity index (χ3n) is 4.33. The zero-order valence-corrected chi connectivity index (χ0v) is 12.0. The summed E-state index contributed by atoms with van der Waals surface area (Å²) in [5, 5.41) is 0. The molecule has 0 aliphatic heterocycles. The number of Topliss-reactive ketones (excluding diaryl/α,β-unsaturated/α-hetero) is 1. The van der Waals surface area contributed by atoms with E-state index in [0.717, 1.165) is 30.8 Å². The van der Waals surface area contributed by atoms with Gasteiger partial charge in [-0.2, -0.15) is 0 Å². The van der Waals surface area contributed by atoms with Gasteiger partial charge in [0.05, 0.1) is 0 Å². The van der Waals surface area contributed by atoms with E-state index in [1.54, 1.807) is 0 Å². The lowest BCUT2D eigenvalue weighted by molar-refractivity contribution is -0.123. The van der Waals surface area contributed by atoms with E-state index in [9.17, 15) is 4.79 Å². The van der Waals surface area contributed by atoms with Crippen molar-refractivity contribution in [3.8, 4) is 0 Å². The van der Waals surface area contributed by atoms with Gasteiger partial charge in [0.2, 0.25) is 0 Å². The molecule has 0 amide bonds. The molecular formula is C16H28O. The SMILES string of the molecule is C=C(CC)CC(=O)C1CCC(C(C)(C)C)CC1. The summed E-state index contributed by atoms with van der Waals surface area (Å²) >= 11 is 0. The first-order valence-corrected chi connectivity index (χ1v) is 7.04. The van der Waals surface area contributed by atoms with E-state index >= 15 is 0 Å². The van der Waals surface area contributed by atoms with Crippen molar-refractivity contribution in [2.75, 3.05) is 0 Å². The largest absolute Gasteiger partial charge is 0.299 e. The van der Waals surface area contributed by atoms with Crippen LogP contribution < -0.4 is 0 Å². The van der Waals surface area contributed by atoms with Crippen LogP contribution in [0.2, 0.25) is 0 Å². The average Bonchev–Trinajstić information content (AvgIpc) is 2.27. The summed E-state index contributed by atoms with van der Waals surface area (Å²) in [5.74, 6) is 1.54. The third-order valence-corrected chi connectivity index (χ3v) is 4.33. The van der Waals surface area contributed by atoms with Crippen molar-refractivity contribution in [1.29, 1.82) is 0 Å². The molecule has 0 aromatic rings. The number of carbonyl (C=O) groups is 1. The Morgan fingerprint density at radius 3 is 2.12 bits per heavy atom. The molecule has 0 radical (unpaired) electrons. The van der Waals surface area contributed by atoms with Crippen LogP contribution in [0.25, 0.3) is 0 Å². The Balaban J connectivity index is 2.42. The maximum absolute atomic E-state index is 12.1. The zero-order chi connectivity index (χ0) is 13.1. The van der Waals surface area contributed by atoms with E-state index in [0.29, 0.717) is 23.5 Å². The number of rotatable bonds is 4. The number of hydrogen-bond donors (Lipinski definition) is 0. The van der Waals surface area contributed by atoms with E-state index in [1.165, 1.54) is 12.8 Å². The number of allylic oxidation sites excluding steroid dienone is 1. The molecule has 0 N–H and O–H groups in total. The number of carbonyl (C=O) groups excluding carboxylic acids is 1. The molecular weight excluding hydrogens is 208 g/mol. The van der Waals surface area contributed by atoms with Crippen molar-refractivity contribution in [3.05, 3.63) is 12.2 Å². The van der Waals surface area contributed by atoms with Crippen LogP contribution in [0.3, 0.4) is 0 Å². The Labute approximate surface area is 107 Å². The van der Waals surface area contributed by atoms with Gasteiger partial charge in [-0.15, -0.1) is 0 Å². The van der Waals surface area contributed by atoms with Crippen LogP contribution in [-0.2, 0) is 4.79 Å². The molecule has 0 aromatic carbocycles. The summed E-state index contributed by atoms with van der Waals surface area (Å²) in [6.07, 6.45) is 6.18. The first kappa shape index (κ1) is 14.5. The summed E-state index contributed by atoms with van der Waals surface area (Å²) in [6, 6.07) is 0. The van der Waals surface area contributed by atoms with Crippen molar-refractivity contribution in [3.63, 3.8) is 0 Å². The van der Waals surface area contributed by atoms with Gasteiger partial charge < -0.3 is 0 Å². The van der Waals surface area contributed by atoms with Crippen molar-refractivity contribution in [2.24, 2.45) is 17.3 Å². The summed E-state index contributed by atoms with van der Waals surface area (Å²) in [6.45, 7) is 13.0. The minimum absolute atomic E-state index is 0.317. The molecule has 1 aliphatic rings. The number of ketones is 1. The van der Waals surface area contributed by atoms with Crippen LogP contribution in [0.4, 0.5) is 0 Å². The molecule has 0 heterocycles. The van der Waals surface area contributed by atoms with Crippen molar-refractivity contribution in [2.45, 2.75) is 66.2 Å². The minimum atomic E-state index is 0.317. The molecule has 17 heavy (non-hydrogen) atoms. The summed E-state index contributed by atoms with van der Waals surface area (Å²) in [5.41, 5.74) is 1.49. The predicted molar refractivity (Wildman–Crippen MR) is 74.0 cm³/mol. The second kappa shape index (κ2) is 5.84. The molecule has 0 atom stereocenters. The third kappa shape index (κ3) is 4.29. The first-order valence-electron chi connectivity index (χ1n) is 7.04. The maximum atomic E-state index is 12.1. The highest BCUT2D eigenvalue weighted by Crippen LogP contribution is 2.40. The Kier molecular flexibility index (Phi) is 4.97. The predicted octanol–water partition coefficient (Wildman–Crippen LogP) is 4.76. The highest BCUT2D eigenvalue weighted by molar-refractivity contribution is 5.83. The Hall–Kier alpha value is -0.590. The molecule has 1 heteroatoms. The van der Waals surface area contributed by atoms with E-state index in [4.69, 9.17) is 0 Å². The van der Waals surface area contributed by atoms with Crippen LogP contribution in [0, 0.1) is 17.3 Å². The van der Waals surface area contributed by atoms with Gasteiger partial charge in [0.15, 0.2) is 0 Å². The summed E-state index contributed by atoms with van der Waals surface area (Å²) < 4.78 is 0. The van der Waals surface area contributed by atoms with Gasteiger partial charge in [0, 0.05) is 12.3 Å². The first-order chi connectivity index (χ1) is 7.84. The molecule has 98 valence electrons. The van der Waals surface area contributed by atoms with Gasteiger partial charge in [-0.05, 0) is 43.4 Å². The monoisotopic (exact) mass is 236 g/mol. The maximum Gasteiger partial charge on any atom is 0.139 e. The molecule has 1 rings (SSSR count). The highest BCUT2D eigenvalue weighted by atomic mass is 16.1. The van der Waals surface area contributed by atoms with Gasteiger partial charge >= 0.3 is 0 Å². The van der Waals surface area contributed by atoms with Crippen molar-refractivity contribution in [1.82, 2.24) is 0 Å². The Morgan fingerprint density at radius 1 is 1.18 bits per heavy atom. The van der Waals surface area contributed by atoms with Gasteiger partial charge in [-0.25, -0.2) is 0 Å². The molecule has 0 spiro atoms. The summed E-state index contributed by atoms with van der Waals surface area (Å²) in [4.78, 5) is 12.1. The Morgan fingerprint density at radius 2 is 1.71 bits per heavy atom. The van der Waals surface area contributed by atoms with E-state index in [2.05, 4.69) is 34.3 Å². The lowest BCUT2D eigenvalue weighted by Crippen LogP contribution is -2.28. The fraction of sp³-hybridized carbons (Fsp3) is 0.812. The quantitative estimate of drug-likeness (QED) is 0.643. The van der Waals surface area contributed by atoms with Gasteiger partial charge in [-0.3, -0.25) is 4.79 Å². The second-order valence-electron chi connectivity index (χ2n) is 6.66. The topological polar surface area (TPSA) is 17.1 Å². The average molecular weight is 236 g/mol. The van der Waals surface area contributed by atoms with Crippen molar-refractivity contribution >= 4 is 5.78 Å². The van der Waals surface area contributed by atoms with Crippen LogP contribution in [0.1, 0.15) is 66.2 Å².